The summed E-state index contributed by atoms with van der Waals surface area (Å²) in [6.45, 7) is 5.90. The lowest BCUT2D eigenvalue weighted by atomic mass is 9.97. The highest BCUT2D eigenvalue weighted by Gasteiger charge is 2.32. The van der Waals surface area contributed by atoms with E-state index in [-0.39, 0.29) is 0 Å². The van der Waals surface area contributed by atoms with Crippen molar-refractivity contribution in [1.29, 1.82) is 0 Å². The van der Waals surface area contributed by atoms with Gasteiger partial charge in [0.2, 0.25) is 0 Å². The van der Waals surface area contributed by atoms with Crippen LogP contribution >= 0.6 is 0 Å². The number of rotatable bonds is 1. The Kier molecular flexibility index (Phi) is 2.97. The molecule has 2 atom stereocenters. The van der Waals surface area contributed by atoms with E-state index >= 15 is 0 Å². The van der Waals surface area contributed by atoms with Gasteiger partial charge in [-0.3, -0.25) is 4.90 Å². The number of aromatic nitrogens is 2. The molecular weight excluding hydrogens is 212 g/mol. The molecule has 17 heavy (non-hydrogen) atoms. The standard InChI is InChI=1S/C13H20N4/c1-11-8-16-5-3-2-4-12(16)9-17(11)13-6-14-10-15-7-13/h6-7,10-12H,2-5,8-9H2,1H3. The first-order valence-corrected chi connectivity index (χ1v) is 6.60. The van der Waals surface area contributed by atoms with E-state index in [4.69, 9.17) is 0 Å². The Morgan fingerprint density at radius 3 is 2.82 bits per heavy atom. The van der Waals surface area contributed by atoms with E-state index in [9.17, 15) is 0 Å². The molecule has 2 aliphatic heterocycles. The van der Waals surface area contributed by atoms with Crippen LogP contribution in [0.1, 0.15) is 26.2 Å². The summed E-state index contributed by atoms with van der Waals surface area (Å²) < 4.78 is 0. The maximum absolute atomic E-state index is 4.13. The number of anilines is 1. The minimum Gasteiger partial charge on any atom is -0.363 e. The molecule has 2 fully saturated rings. The van der Waals surface area contributed by atoms with E-state index in [0.717, 1.165) is 12.6 Å². The molecule has 0 bridgehead atoms. The Labute approximate surface area is 103 Å². The second kappa shape index (κ2) is 4.61. The van der Waals surface area contributed by atoms with Gasteiger partial charge >= 0.3 is 0 Å². The third-order valence-electron chi connectivity index (χ3n) is 4.07. The predicted molar refractivity (Wildman–Crippen MR) is 68.1 cm³/mol. The van der Waals surface area contributed by atoms with Crippen LogP contribution in [0.5, 0.6) is 0 Å². The van der Waals surface area contributed by atoms with E-state index in [1.807, 2.05) is 12.4 Å². The molecule has 2 saturated heterocycles. The van der Waals surface area contributed by atoms with Gasteiger partial charge in [0.15, 0.2) is 0 Å². The minimum absolute atomic E-state index is 0.565. The number of piperidine rings is 1. The summed E-state index contributed by atoms with van der Waals surface area (Å²) in [6.07, 6.45) is 9.57. The smallest absolute Gasteiger partial charge is 0.115 e. The van der Waals surface area contributed by atoms with Crippen molar-refractivity contribution < 1.29 is 0 Å². The van der Waals surface area contributed by atoms with Crippen LogP contribution in [0.3, 0.4) is 0 Å². The number of piperazine rings is 1. The first-order valence-electron chi connectivity index (χ1n) is 6.60. The zero-order valence-corrected chi connectivity index (χ0v) is 10.4. The molecule has 0 N–H and O–H groups in total. The third-order valence-corrected chi connectivity index (χ3v) is 4.07. The molecule has 0 aliphatic carbocycles. The van der Waals surface area contributed by atoms with E-state index < -0.39 is 0 Å². The van der Waals surface area contributed by atoms with Gasteiger partial charge in [-0.1, -0.05) is 6.42 Å². The van der Waals surface area contributed by atoms with Crippen molar-refractivity contribution in [2.75, 3.05) is 24.5 Å². The summed E-state index contributed by atoms with van der Waals surface area (Å²) in [5.74, 6) is 0. The summed E-state index contributed by atoms with van der Waals surface area (Å²) in [6, 6.07) is 1.30. The molecule has 4 nitrogen and oxygen atoms in total. The Hall–Kier alpha value is -1.16. The Bertz CT molecular complexity index is 367. The summed E-state index contributed by atoms with van der Waals surface area (Å²) in [5.41, 5.74) is 1.17. The topological polar surface area (TPSA) is 32.3 Å². The SMILES string of the molecule is CC1CN2CCCCC2CN1c1cncnc1. The van der Waals surface area contributed by atoms with Gasteiger partial charge in [0.25, 0.3) is 0 Å². The maximum atomic E-state index is 4.13. The zero-order valence-electron chi connectivity index (χ0n) is 10.4. The van der Waals surface area contributed by atoms with Gasteiger partial charge in [0.1, 0.15) is 6.33 Å². The van der Waals surface area contributed by atoms with Gasteiger partial charge < -0.3 is 4.90 Å². The predicted octanol–water partition coefficient (Wildman–Crippen LogP) is 1.54. The van der Waals surface area contributed by atoms with Crippen LogP contribution in [-0.4, -0.2) is 46.6 Å². The van der Waals surface area contributed by atoms with E-state index in [1.54, 1.807) is 6.33 Å². The van der Waals surface area contributed by atoms with Crippen molar-refractivity contribution in [3.63, 3.8) is 0 Å². The first-order chi connectivity index (χ1) is 8.34. The summed E-state index contributed by atoms with van der Waals surface area (Å²) >= 11 is 0. The quantitative estimate of drug-likeness (QED) is 0.735. The van der Waals surface area contributed by atoms with Gasteiger partial charge in [-0.05, 0) is 26.3 Å². The molecule has 0 aromatic carbocycles. The normalized spacial score (nSPS) is 30.1. The van der Waals surface area contributed by atoms with Crippen molar-refractivity contribution in [2.24, 2.45) is 0 Å². The van der Waals surface area contributed by atoms with Crippen molar-refractivity contribution in [2.45, 2.75) is 38.3 Å². The fourth-order valence-corrected chi connectivity index (χ4v) is 3.15. The number of fused-ring (bicyclic) bond motifs is 1. The van der Waals surface area contributed by atoms with Gasteiger partial charge in [-0.15, -0.1) is 0 Å². The van der Waals surface area contributed by atoms with Gasteiger partial charge in [-0.25, -0.2) is 9.97 Å². The lowest BCUT2D eigenvalue weighted by Gasteiger charge is -2.48. The lowest BCUT2D eigenvalue weighted by molar-refractivity contribution is 0.115. The Morgan fingerprint density at radius 1 is 1.18 bits per heavy atom. The van der Waals surface area contributed by atoms with Crippen LogP contribution in [0.15, 0.2) is 18.7 Å². The number of hydrogen-bond donors (Lipinski definition) is 0. The zero-order chi connectivity index (χ0) is 11.7. The highest BCUT2D eigenvalue weighted by Crippen LogP contribution is 2.27. The molecule has 0 saturated carbocycles. The molecule has 4 heteroatoms. The van der Waals surface area contributed by atoms with Gasteiger partial charge in [0.05, 0.1) is 18.1 Å². The molecule has 0 radical (unpaired) electrons. The summed E-state index contributed by atoms with van der Waals surface area (Å²) in [7, 11) is 0. The van der Waals surface area contributed by atoms with E-state index in [1.165, 1.54) is 38.0 Å². The molecule has 0 amide bonds. The summed E-state index contributed by atoms with van der Waals surface area (Å²) in [5, 5.41) is 0. The van der Waals surface area contributed by atoms with Gasteiger partial charge in [-0.2, -0.15) is 0 Å². The van der Waals surface area contributed by atoms with Crippen LogP contribution in [0.25, 0.3) is 0 Å². The molecule has 2 unspecified atom stereocenters. The molecule has 92 valence electrons. The monoisotopic (exact) mass is 232 g/mol. The van der Waals surface area contributed by atoms with Crippen LogP contribution in [0.2, 0.25) is 0 Å². The van der Waals surface area contributed by atoms with E-state index in [0.29, 0.717) is 6.04 Å². The molecule has 2 aliphatic rings. The number of hydrogen-bond acceptors (Lipinski definition) is 4. The Balaban J connectivity index is 1.78. The second-order valence-corrected chi connectivity index (χ2v) is 5.24. The van der Waals surface area contributed by atoms with Gasteiger partial charge in [0, 0.05) is 25.2 Å². The average molecular weight is 232 g/mol. The van der Waals surface area contributed by atoms with Crippen molar-refractivity contribution in [3.8, 4) is 0 Å². The molecule has 1 aromatic rings. The largest absolute Gasteiger partial charge is 0.363 e. The van der Waals surface area contributed by atoms with Crippen LogP contribution < -0.4 is 4.90 Å². The molecule has 0 spiro atoms. The first kappa shape index (κ1) is 11.0. The van der Waals surface area contributed by atoms with Crippen LogP contribution in [0.4, 0.5) is 5.69 Å². The molecule has 3 heterocycles. The molecule has 3 rings (SSSR count). The van der Waals surface area contributed by atoms with Crippen molar-refractivity contribution in [1.82, 2.24) is 14.9 Å². The molecular formula is C13H20N4. The average Bonchev–Trinajstić information content (AvgIpc) is 2.39. The molecule has 1 aromatic heterocycles. The Morgan fingerprint density at radius 2 is 2.00 bits per heavy atom. The van der Waals surface area contributed by atoms with E-state index in [2.05, 4.69) is 26.7 Å². The van der Waals surface area contributed by atoms with Crippen LogP contribution in [-0.2, 0) is 0 Å². The highest BCUT2D eigenvalue weighted by atomic mass is 15.3. The van der Waals surface area contributed by atoms with Crippen molar-refractivity contribution >= 4 is 5.69 Å². The van der Waals surface area contributed by atoms with Crippen molar-refractivity contribution in [3.05, 3.63) is 18.7 Å². The highest BCUT2D eigenvalue weighted by molar-refractivity contribution is 5.43. The van der Waals surface area contributed by atoms with Crippen LogP contribution in [0, 0.1) is 0 Å². The minimum atomic E-state index is 0.565. The fourth-order valence-electron chi connectivity index (χ4n) is 3.15. The third kappa shape index (κ3) is 2.14. The maximum Gasteiger partial charge on any atom is 0.115 e. The lowest BCUT2D eigenvalue weighted by Crippen LogP contribution is -2.58. The fraction of sp³-hybridized carbons (Fsp3) is 0.692. The number of nitrogens with zero attached hydrogens (tertiary/aromatic N) is 4. The second-order valence-electron chi connectivity index (χ2n) is 5.24. The summed E-state index contributed by atoms with van der Waals surface area (Å²) in [4.78, 5) is 13.4.